The summed E-state index contributed by atoms with van der Waals surface area (Å²) in [6.07, 6.45) is 1.46. The number of hydrogen-bond acceptors (Lipinski definition) is 4. The lowest BCUT2D eigenvalue weighted by Gasteiger charge is -2.31. The maximum absolute atomic E-state index is 14.3. The Bertz CT molecular complexity index is 469. The average Bonchev–Trinajstić information content (AvgIpc) is 2.51. The van der Waals surface area contributed by atoms with Crippen LogP contribution >= 0.6 is 0 Å². The van der Waals surface area contributed by atoms with Crippen molar-refractivity contribution in [3.8, 4) is 0 Å². The highest BCUT2D eigenvalue weighted by Gasteiger charge is 2.19. The van der Waals surface area contributed by atoms with Gasteiger partial charge in [0.05, 0.1) is 25.0 Å². The largest absolute Gasteiger partial charge is 0.393 e. The number of likely N-dealkylation sites (tertiary alicyclic amines) is 1. The Hall–Kier alpha value is -1.17. The molecular weight excluding hydrogens is 271 g/mol. The van der Waals surface area contributed by atoms with Gasteiger partial charge in [0, 0.05) is 32.7 Å². The van der Waals surface area contributed by atoms with Crippen LogP contribution in [0.4, 0.5) is 10.1 Å². The third-order valence-corrected chi connectivity index (χ3v) is 4.33. The quantitative estimate of drug-likeness (QED) is 0.919. The van der Waals surface area contributed by atoms with Crippen molar-refractivity contribution >= 4 is 5.69 Å². The second-order valence-electron chi connectivity index (χ2n) is 5.89. The van der Waals surface area contributed by atoms with Crippen molar-refractivity contribution in [3.63, 3.8) is 0 Å². The molecular formula is C16H23FN2O2. The number of benzene rings is 1. The second-order valence-corrected chi connectivity index (χ2v) is 5.89. The molecule has 2 saturated heterocycles. The minimum absolute atomic E-state index is 0.147. The third kappa shape index (κ3) is 3.73. The van der Waals surface area contributed by atoms with Gasteiger partial charge in [-0.05, 0) is 30.5 Å². The van der Waals surface area contributed by atoms with E-state index in [0.29, 0.717) is 18.9 Å². The molecule has 2 aliphatic rings. The summed E-state index contributed by atoms with van der Waals surface area (Å²) in [7, 11) is 0. The van der Waals surface area contributed by atoms with Gasteiger partial charge in [0.1, 0.15) is 5.82 Å². The van der Waals surface area contributed by atoms with Gasteiger partial charge in [-0.15, -0.1) is 0 Å². The first-order valence-electron chi connectivity index (χ1n) is 7.74. The van der Waals surface area contributed by atoms with Gasteiger partial charge in [-0.1, -0.05) is 6.07 Å². The monoisotopic (exact) mass is 294 g/mol. The van der Waals surface area contributed by atoms with Gasteiger partial charge in [0.2, 0.25) is 0 Å². The number of rotatable bonds is 3. The molecule has 5 heteroatoms. The smallest absolute Gasteiger partial charge is 0.146 e. The summed E-state index contributed by atoms with van der Waals surface area (Å²) in [6, 6.07) is 5.55. The lowest BCUT2D eigenvalue weighted by atomic mass is 10.1. The fraction of sp³-hybridized carbons (Fsp3) is 0.625. The fourth-order valence-corrected chi connectivity index (χ4v) is 3.05. The minimum Gasteiger partial charge on any atom is -0.393 e. The van der Waals surface area contributed by atoms with Crippen molar-refractivity contribution < 1.29 is 14.2 Å². The Morgan fingerprint density at radius 3 is 2.52 bits per heavy atom. The highest BCUT2D eigenvalue weighted by atomic mass is 19.1. The van der Waals surface area contributed by atoms with Crippen LogP contribution in [-0.2, 0) is 11.3 Å². The molecule has 0 atom stereocenters. The van der Waals surface area contributed by atoms with Crippen molar-refractivity contribution in [2.45, 2.75) is 25.5 Å². The van der Waals surface area contributed by atoms with Crippen molar-refractivity contribution in [2.75, 3.05) is 44.3 Å². The van der Waals surface area contributed by atoms with E-state index < -0.39 is 0 Å². The SMILES string of the molecule is OC1CCN(Cc2ccc(N3CCOCC3)c(F)c2)CC1. The number of halogens is 1. The van der Waals surface area contributed by atoms with Crippen molar-refractivity contribution in [1.82, 2.24) is 4.90 Å². The third-order valence-electron chi connectivity index (χ3n) is 4.33. The van der Waals surface area contributed by atoms with E-state index in [2.05, 4.69) is 4.90 Å². The van der Waals surface area contributed by atoms with Gasteiger partial charge >= 0.3 is 0 Å². The van der Waals surface area contributed by atoms with Gasteiger partial charge in [0.15, 0.2) is 0 Å². The molecule has 0 aromatic heterocycles. The van der Waals surface area contributed by atoms with Crippen LogP contribution in [0.1, 0.15) is 18.4 Å². The summed E-state index contributed by atoms with van der Waals surface area (Å²) >= 11 is 0. The Labute approximate surface area is 125 Å². The van der Waals surface area contributed by atoms with Crippen molar-refractivity contribution in [1.29, 1.82) is 0 Å². The molecule has 0 amide bonds. The molecule has 1 aromatic rings. The summed E-state index contributed by atoms with van der Waals surface area (Å²) in [5.74, 6) is -0.147. The van der Waals surface area contributed by atoms with E-state index in [1.54, 1.807) is 6.07 Å². The number of aliphatic hydroxyl groups excluding tert-OH is 1. The molecule has 0 bridgehead atoms. The normalized spacial score (nSPS) is 21.7. The number of aliphatic hydroxyl groups is 1. The van der Waals surface area contributed by atoms with E-state index in [0.717, 1.165) is 51.1 Å². The predicted octanol–water partition coefficient (Wildman–Crippen LogP) is 1.62. The molecule has 116 valence electrons. The second kappa shape index (κ2) is 6.73. The molecule has 3 rings (SSSR count). The summed E-state index contributed by atoms with van der Waals surface area (Å²) < 4.78 is 19.6. The van der Waals surface area contributed by atoms with Gasteiger partial charge in [0.25, 0.3) is 0 Å². The molecule has 0 aliphatic carbocycles. The van der Waals surface area contributed by atoms with E-state index in [4.69, 9.17) is 4.74 Å². The van der Waals surface area contributed by atoms with Crippen LogP contribution in [0.3, 0.4) is 0 Å². The van der Waals surface area contributed by atoms with Crippen molar-refractivity contribution in [3.05, 3.63) is 29.6 Å². The van der Waals surface area contributed by atoms with Crippen LogP contribution in [-0.4, -0.2) is 55.5 Å². The van der Waals surface area contributed by atoms with Gasteiger partial charge < -0.3 is 14.7 Å². The fourth-order valence-electron chi connectivity index (χ4n) is 3.05. The molecule has 2 heterocycles. The number of ether oxygens (including phenoxy) is 1. The zero-order valence-corrected chi connectivity index (χ0v) is 12.3. The predicted molar refractivity (Wildman–Crippen MR) is 79.9 cm³/mol. The Morgan fingerprint density at radius 2 is 1.86 bits per heavy atom. The Balaban J connectivity index is 1.63. The highest BCUT2D eigenvalue weighted by molar-refractivity contribution is 5.49. The Kier molecular flexibility index (Phi) is 4.73. The minimum atomic E-state index is -0.165. The number of anilines is 1. The Morgan fingerprint density at radius 1 is 1.14 bits per heavy atom. The zero-order valence-electron chi connectivity index (χ0n) is 12.3. The summed E-state index contributed by atoms with van der Waals surface area (Å²) in [5, 5.41) is 9.52. The number of nitrogens with zero attached hydrogens (tertiary/aromatic N) is 2. The van der Waals surface area contributed by atoms with Gasteiger partial charge in [-0.25, -0.2) is 4.39 Å². The van der Waals surface area contributed by atoms with E-state index in [1.807, 2.05) is 17.0 Å². The maximum atomic E-state index is 14.3. The summed E-state index contributed by atoms with van der Waals surface area (Å²) in [5.41, 5.74) is 1.68. The molecule has 0 saturated carbocycles. The molecule has 0 spiro atoms. The lowest BCUT2D eigenvalue weighted by molar-refractivity contribution is 0.0792. The van der Waals surface area contributed by atoms with Crippen LogP contribution in [0.2, 0.25) is 0 Å². The molecule has 21 heavy (non-hydrogen) atoms. The number of hydrogen-bond donors (Lipinski definition) is 1. The molecule has 2 fully saturated rings. The van der Waals surface area contributed by atoms with Gasteiger partial charge in [-0.2, -0.15) is 0 Å². The summed E-state index contributed by atoms with van der Waals surface area (Å²) in [6.45, 7) is 5.35. The highest BCUT2D eigenvalue weighted by Crippen LogP contribution is 2.23. The first-order valence-corrected chi connectivity index (χ1v) is 7.74. The van der Waals surface area contributed by atoms with Crippen LogP contribution < -0.4 is 4.90 Å². The van der Waals surface area contributed by atoms with Crippen LogP contribution in [0, 0.1) is 5.82 Å². The summed E-state index contributed by atoms with van der Waals surface area (Å²) in [4.78, 5) is 4.32. The number of piperidine rings is 1. The molecule has 0 unspecified atom stereocenters. The molecule has 1 N–H and O–H groups in total. The van der Waals surface area contributed by atoms with Crippen molar-refractivity contribution in [2.24, 2.45) is 0 Å². The average molecular weight is 294 g/mol. The lowest BCUT2D eigenvalue weighted by Crippen LogP contribution is -2.37. The van der Waals surface area contributed by atoms with Gasteiger partial charge in [-0.3, -0.25) is 4.90 Å². The van der Waals surface area contributed by atoms with E-state index in [-0.39, 0.29) is 11.9 Å². The van der Waals surface area contributed by atoms with Crippen LogP contribution in [0.15, 0.2) is 18.2 Å². The zero-order chi connectivity index (χ0) is 14.7. The first-order chi connectivity index (χ1) is 10.2. The van der Waals surface area contributed by atoms with E-state index in [9.17, 15) is 9.50 Å². The standard InChI is InChI=1S/C16H23FN2O2/c17-15-11-13(12-18-5-3-14(20)4-6-18)1-2-16(15)19-7-9-21-10-8-19/h1-2,11,14,20H,3-10,12H2. The van der Waals surface area contributed by atoms with E-state index in [1.165, 1.54) is 0 Å². The molecule has 2 aliphatic heterocycles. The molecule has 0 radical (unpaired) electrons. The number of morpholine rings is 1. The van der Waals surface area contributed by atoms with Crippen LogP contribution in [0.25, 0.3) is 0 Å². The topological polar surface area (TPSA) is 35.9 Å². The molecule has 4 nitrogen and oxygen atoms in total. The van der Waals surface area contributed by atoms with Crippen LogP contribution in [0.5, 0.6) is 0 Å². The molecule has 1 aromatic carbocycles. The van der Waals surface area contributed by atoms with E-state index >= 15 is 0 Å². The first kappa shape index (κ1) is 14.8. The maximum Gasteiger partial charge on any atom is 0.146 e.